The zero-order chi connectivity index (χ0) is 17.8. The Balaban J connectivity index is 1.66. The Morgan fingerprint density at radius 3 is 2.72 bits per heavy atom. The van der Waals surface area contributed by atoms with Gasteiger partial charge in [0.05, 0.1) is 12.5 Å². The van der Waals surface area contributed by atoms with Crippen LogP contribution in [0.1, 0.15) is 18.9 Å². The second-order valence-electron chi connectivity index (χ2n) is 6.19. The van der Waals surface area contributed by atoms with Crippen LogP contribution in [-0.4, -0.2) is 25.0 Å². The molecule has 3 rings (SSSR count). The van der Waals surface area contributed by atoms with Crippen LogP contribution in [0.3, 0.4) is 0 Å². The molecule has 1 heterocycles. The van der Waals surface area contributed by atoms with E-state index in [-0.39, 0.29) is 24.2 Å². The number of benzene rings is 2. The molecule has 0 radical (unpaired) electrons. The molecule has 1 aliphatic rings. The first-order valence-corrected chi connectivity index (χ1v) is 8.47. The molecule has 1 aliphatic heterocycles. The summed E-state index contributed by atoms with van der Waals surface area (Å²) in [7, 11) is 0. The third-order valence-corrected chi connectivity index (χ3v) is 4.25. The van der Waals surface area contributed by atoms with Gasteiger partial charge in [0.1, 0.15) is 5.75 Å². The number of carbonyl (C=O) groups excluding carboxylic acids is 2. The molecule has 2 aromatic rings. The Bertz CT molecular complexity index is 771. The molecule has 130 valence electrons. The van der Waals surface area contributed by atoms with Gasteiger partial charge in [-0.2, -0.15) is 0 Å². The molecule has 2 amide bonds. The molecule has 25 heavy (non-hydrogen) atoms. The number of rotatable bonds is 5. The van der Waals surface area contributed by atoms with E-state index in [1.165, 1.54) is 0 Å². The average Bonchev–Trinajstić information content (AvgIpc) is 2.98. The summed E-state index contributed by atoms with van der Waals surface area (Å²) in [4.78, 5) is 26.5. The summed E-state index contributed by atoms with van der Waals surface area (Å²) in [6, 6.07) is 15.0. The molecule has 5 nitrogen and oxygen atoms in total. The molecule has 1 N–H and O–H groups in total. The summed E-state index contributed by atoms with van der Waals surface area (Å²) in [5.41, 5.74) is 2.65. The van der Waals surface area contributed by atoms with E-state index in [0.717, 1.165) is 11.3 Å². The summed E-state index contributed by atoms with van der Waals surface area (Å²) >= 11 is 0. The third-order valence-electron chi connectivity index (χ3n) is 4.25. The summed E-state index contributed by atoms with van der Waals surface area (Å²) in [5, 5.41) is 2.89. The Kier molecular flexibility index (Phi) is 5.03. The van der Waals surface area contributed by atoms with Crippen molar-refractivity contribution < 1.29 is 14.3 Å². The van der Waals surface area contributed by atoms with Gasteiger partial charge in [0.15, 0.2) is 0 Å². The zero-order valence-electron chi connectivity index (χ0n) is 14.5. The second kappa shape index (κ2) is 7.38. The molecule has 0 saturated carbocycles. The molecule has 1 unspecified atom stereocenters. The smallest absolute Gasteiger partial charge is 0.229 e. The van der Waals surface area contributed by atoms with E-state index >= 15 is 0 Å². The molecule has 1 atom stereocenters. The maximum atomic E-state index is 12.5. The highest BCUT2D eigenvalue weighted by Crippen LogP contribution is 2.27. The number of anilines is 2. The standard InChI is InChI=1S/C20H22N2O3/c1-3-25-18-6-4-5-16(12-18)21-20(24)15-11-19(23)22(13-15)17-9-7-14(2)8-10-17/h4-10,12,15H,3,11,13H2,1-2H3,(H,21,24). The van der Waals surface area contributed by atoms with Crippen molar-refractivity contribution >= 4 is 23.2 Å². The first kappa shape index (κ1) is 17.0. The molecule has 5 heteroatoms. The molecular weight excluding hydrogens is 316 g/mol. The van der Waals surface area contributed by atoms with Crippen LogP contribution in [0.5, 0.6) is 5.75 Å². The number of carbonyl (C=O) groups is 2. The monoisotopic (exact) mass is 338 g/mol. The number of ether oxygens (including phenoxy) is 1. The highest BCUT2D eigenvalue weighted by molar-refractivity contribution is 6.03. The highest BCUT2D eigenvalue weighted by Gasteiger charge is 2.35. The van der Waals surface area contributed by atoms with Gasteiger partial charge in [-0.15, -0.1) is 0 Å². The predicted molar refractivity (Wildman–Crippen MR) is 97.9 cm³/mol. The fourth-order valence-electron chi connectivity index (χ4n) is 2.93. The summed E-state index contributed by atoms with van der Waals surface area (Å²) in [6.07, 6.45) is 0.227. The van der Waals surface area contributed by atoms with E-state index in [1.54, 1.807) is 11.0 Å². The lowest BCUT2D eigenvalue weighted by molar-refractivity contribution is -0.122. The Morgan fingerprint density at radius 2 is 2.00 bits per heavy atom. The predicted octanol–water partition coefficient (Wildman–Crippen LogP) is 3.39. The molecule has 0 aliphatic carbocycles. The third kappa shape index (κ3) is 3.99. The van der Waals surface area contributed by atoms with E-state index in [2.05, 4.69) is 5.32 Å². The zero-order valence-corrected chi connectivity index (χ0v) is 14.5. The van der Waals surface area contributed by atoms with Gasteiger partial charge in [-0.05, 0) is 38.1 Å². The normalized spacial score (nSPS) is 16.8. The first-order chi connectivity index (χ1) is 12.1. The van der Waals surface area contributed by atoms with Crippen molar-refractivity contribution in [1.29, 1.82) is 0 Å². The van der Waals surface area contributed by atoms with Gasteiger partial charge >= 0.3 is 0 Å². The van der Waals surface area contributed by atoms with Crippen LogP contribution in [0, 0.1) is 12.8 Å². The van der Waals surface area contributed by atoms with Crippen LogP contribution in [0.4, 0.5) is 11.4 Å². The Hall–Kier alpha value is -2.82. The molecular formula is C20H22N2O3. The van der Waals surface area contributed by atoms with E-state index in [0.29, 0.717) is 24.6 Å². The molecule has 2 aromatic carbocycles. The first-order valence-electron chi connectivity index (χ1n) is 8.47. The number of hydrogen-bond donors (Lipinski definition) is 1. The molecule has 0 bridgehead atoms. The number of nitrogens with zero attached hydrogens (tertiary/aromatic N) is 1. The van der Waals surface area contributed by atoms with Crippen LogP contribution >= 0.6 is 0 Å². The lowest BCUT2D eigenvalue weighted by Crippen LogP contribution is -2.28. The Morgan fingerprint density at radius 1 is 1.24 bits per heavy atom. The van der Waals surface area contributed by atoms with Gasteiger partial charge in [0.2, 0.25) is 11.8 Å². The minimum atomic E-state index is -0.357. The molecule has 1 fully saturated rings. The van der Waals surface area contributed by atoms with Crippen molar-refractivity contribution in [2.75, 3.05) is 23.4 Å². The Labute approximate surface area is 147 Å². The van der Waals surface area contributed by atoms with Crippen LogP contribution in [0.2, 0.25) is 0 Å². The van der Waals surface area contributed by atoms with E-state index in [9.17, 15) is 9.59 Å². The van der Waals surface area contributed by atoms with Crippen molar-refractivity contribution in [3.63, 3.8) is 0 Å². The minimum Gasteiger partial charge on any atom is -0.494 e. The largest absolute Gasteiger partial charge is 0.494 e. The van der Waals surface area contributed by atoms with Crippen LogP contribution in [-0.2, 0) is 9.59 Å². The van der Waals surface area contributed by atoms with Crippen molar-refractivity contribution in [3.05, 3.63) is 54.1 Å². The SMILES string of the molecule is CCOc1cccc(NC(=O)C2CC(=O)N(c3ccc(C)cc3)C2)c1. The number of hydrogen-bond acceptors (Lipinski definition) is 3. The summed E-state index contributed by atoms with van der Waals surface area (Å²) < 4.78 is 5.44. The minimum absolute atomic E-state index is 0.0212. The fourth-order valence-corrected chi connectivity index (χ4v) is 2.93. The van der Waals surface area contributed by atoms with Crippen molar-refractivity contribution in [2.45, 2.75) is 20.3 Å². The van der Waals surface area contributed by atoms with Gasteiger partial charge in [-0.1, -0.05) is 23.8 Å². The van der Waals surface area contributed by atoms with Gasteiger partial charge < -0.3 is 15.0 Å². The van der Waals surface area contributed by atoms with Crippen LogP contribution in [0.15, 0.2) is 48.5 Å². The van der Waals surface area contributed by atoms with Gasteiger partial charge in [-0.3, -0.25) is 9.59 Å². The van der Waals surface area contributed by atoms with Crippen molar-refractivity contribution in [3.8, 4) is 5.75 Å². The molecule has 0 spiro atoms. The maximum Gasteiger partial charge on any atom is 0.229 e. The van der Waals surface area contributed by atoms with Gasteiger partial charge in [-0.25, -0.2) is 0 Å². The fraction of sp³-hybridized carbons (Fsp3) is 0.300. The molecule has 1 saturated heterocycles. The van der Waals surface area contributed by atoms with E-state index in [1.807, 2.05) is 56.3 Å². The van der Waals surface area contributed by atoms with Gasteiger partial charge in [0, 0.05) is 30.4 Å². The van der Waals surface area contributed by atoms with Crippen LogP contribution < -0.4 is 15.0 Å². The lowest BCUT2D eigenvalue weighted by atomic mass is 10.1. The van der Waals surface area contributed by atoms with Crippen molar-refractivity contribution in [1.82, 2.24) is 0 Å². The highest BCUT2D eigenvalue weighted by atomic mass is 16.5. The number of aryl methyl sites for hydroxylation is 1. The summed E-state index contributed by atoms with van der Waals surface area (Å²) in [6.45, 7) is 4.89. The average molecular weight is 338 g/mol. The topological polar surface area (TPSA) is 58.6 Å². The van der Waals surface area contributed by atoms with E-state index in [4.69, 9.17) is 4.74 Å². The lowest BCUT2D eigenvalue weighted by Gasteiger charge is -2.17. The summed E-state index contributed by atoms with van der Waals surface area (Å²) in [5.74, 6) is 0.192. The van der Waals surface area contributed by atoms with Crippen molar-refractivity contribution in [2.24, 2.45) is 5.92 Å². The van der Waals surface area contributed by atoms with Gasteiger partial charge in [0.25, 0.3) is 0 Å². The van der Waals surface area contributed by atoms with Crippen LogP contribution in [0.25, 0.3) is 0 Å². The molecule has 0 aromatic heterocycles. The quantitative estimate of drug-likeness (QED) is 0.909. The second-order valence-corrected chi connectivity index (χ2v) is 6.19. The van der Waals surface area contributed by atoms with E-state index < -0.39 is 0 Å². The maximum absolute atomic E-state index is 12.5. The number of nitrogens with one attached hydrogen (secondary N) is 1. The number of amides is 2.